The zero-order valence-electron chi connectivity index (χ0n) is 10.9. The van der Waals surface area contributed by atoms with Crippen molar-refractivity contribution in [1.29, 1.82) is 0 Å². The van der Waals surface area contributed by atoms with E-state index in [0.717, 1.165) is 17.6 Å². The summed E-state index contributed by atoms with van der Waals surface area (Å²) < 4.78 is 0. The van der Waals surface area contributed by atoms with Crippen molar-refractivity contribution in [2.24, 2.45) is 5.92 Å². The van der Waals surface area contributed by atoms with E-state index < -0.39 is 0 Å². The second-order valence-corrected chi connectivity index (χ2v) is 5.06. The van der Waals surface area contributed by atoms with E-state index in [1.807, 2.05) is 19.3 Å². The second kappa shape index (κ2) is 5.99. The van der Waals surface area contributed by atoms with Gasteiger partial charge in [0.2, 0.25) is 0 Å². The van der Waals surface area contributed by atoms with Gasteiger partial charge in [0.25, 0.3) is 0 Å². The van der Waals surface area contributed by atoms with Crippen LogP contribution in [0, 0.1) is 5.92 Å². The molecule has 1 aromatic rings. The molecule has 0 atom stereocenters. The molecule has 2 rings (SSSR count). The molecule has 0 bridgehead atoms. The lowest BCUT2D eigenvalue weighted by Gasteiger charge is -2.27. The highest BCUT2D eigenvalue weighted by atomic mass is 15.0. The van der Waals surface area contributed by atoms with Gasteiger partial charge in [-0.25, -0.2) is 9.97 Å². The number of nitrogens with one attached hydrogen (secondary N) is 1. The fraction of sp³-hybridized carbons (Fsp3) is 0.714. The third-order valence-corrected chi connectivity index (χ3v) is 3.84. The summed E-state index contributed by atoms with van der Waals surface area (Å²) in [6, 6.07) is 1.92. The molecule has 1 heterocycles. The van der Waals surface area contributed by atoms with Crippen LogP contribution in [-0.2, 0) is 0 Å². The first-order valence-corrected chi connectivity index (χ1v) is 6.84. The molecule has 3 nitrogen and oxygen atoms in total. The molecule has 1 N–H and O–H groups in total. The van der Waals surface area contributed by atoms with Gasteiger partial charge in [0.15, 0.2) is 0 Å². The van der Waals surface area contributed by atoms with E-state index in [9.17, 15) is 0 Å². The Bertz CT molecular complexity index is 343. The van der Waals surface area contributed by atoms with E-state index >= 15 is 0 Å². The Balaban J connectivity index is 1.95. The van der Waals surface area contributed by atoms with Crippen LogP contribution in [0.2, 0.25) is 0 Å². The lowest BCUT2D eigenvalue weighted by Crippen LogP contribution is -2.15. The first-order valence-electron chi connectivity index (χ1n) is 6.84. The number of hydrogen-bond donors (Lipinski definition) is 1. The van der Waals surface area contributed by atoms with Crippen molar-refractivity contribution in [1.82, 2.24) is 9.97 Å². The zero-order valence-corrected chi connectivity index (χ0v) is 10.9. The fourth-order valence-electron chi connectivity index (χ4n) is 2.83. The van der Waals surface area contributed by atoms with Crippen molar-refractivity contribution in [3.63, 3.8) is 0 Å². The Morgan fingerprint density at radius 2 is 2.06 bits per heavy atom. The molecule has 3 heteroatoms. The van der Waals surface area contributed by atoms with Crippen LogP contribution >= 0.6 is 0 Å². The molecule has 1 fully saturated rings. The van der Waals surface area contributed by atoms with Gasteiger partial charge in [-0.05, 0) is 37.7 Å². The highest BCUT2D eigenvalue weighted by Crippen LogP contribution is 2.36. The minimum Gasteiger partial charge on any atom is -0.373 e. The Labute approximate surface area is 104 Å². The summed E-state index contributed by atoms with van der Waals surface area (Å²) >= 11 is 0. The van der Waals surface area contributed by atoms with E-state index in [4.69, 9.17) is 0 Å². The summed E-state index contributed by atoms with van der Waals surface area (Å²) in [6.45, 7) is 2.28. The summed E-state index contributed by atoms with van der Waals surface area (Å²) in [4.78, 5) is 8.99. The topological polar surface area (TPSA) is 37.8 Å². The predicted molar refractivity (Wildman–Crippen MR) is 71.2 cm³/mol. The highest BCUT2D eigenvalue weighted by molar-refractivity contribution is 5.32. The quantitative estimate of drug-likeness (QED) is 0.863. The molecule has 1 saturated carbocycles. The summed E-state index contributed by atoms with van der Waals surface area (Å²) in [7, 11) is 1.91. The molecule has 0 saturated heterocycles. The van der Waals surface area contributed by atoms with Gasteiger partial charge in [0.05, 0.1) is 0 Å². The summed E-state index contributed by atoms with van der Waals surface area (Å²) in [5.74, 6) is 3.50. The molecule has 1 aliphatic carbocycles. The normalized spacial score (nSPS) is 24.6. The van der Waals surface area contributed by atoms with Crippen LogP contribution in [0.5, 0.6) is 0 Å². The maximum absolute atomic E-state index is 4.56. The van der Waals surface area contributed by atoms with E-state index in [1.165, 1.54) is 38.5 Å². The minimum atomic E-state index is 0.580. The maximum atomic E-state index is 4.56. The van der Waals surface area contributed by atoms with E-state index in [0.29, 0.717) is 5.92 Å². The highest BCUT2D eigenvalue weighted by Gasteiger charge is 2.23. The first-order chi connectivity index (χ1) is 8.33. The number of rotatable bonds is 4. The van der Waals surface area contributed by atoms with Crippen LogP contribution in [0.3, 0.4) is 0 Å². The largest absolute Gasteiger partial charge is 0.373 e. The number of nitrogens with zero attached hydrogens (tertiary/aromatic N) is 2. The smallest absolute Gasteiger partial charge is 0.133 e. The van der Waals surface area contributed by atoms with Gasteiger partial charge < -0.3 is 5.32 Å². The number of anilines is 1. The molecule has 0 spiro atoms. The fourth-order valence-corrected chi connectivity index (χ4v) is 2.83. The molecule has 0 aliphatic heterocycles. The molecule has 1 aromatic heterocycles. The second-order valence-electron chi connectivity index (χ2n) is 5.06. The molecule has 0 amide bonds. The van der Waals surface area contributed by atoms with Crippen molar-refractivity contribution in [3.8, 4) is 0 Å². The predicted octanol–water partition coefficient (Wildman–Crippen LogP) is 3.59. The lowest BCUT2D eigenvalue weighted by atomic mass is 9.80. The van der Waals surface area contributed by atoms with Crippen LogP contribution in [0.25, 0.3) is 0 Å². The summed E-state index contributed by atoms with van der Waals surface area (Å²) in [5, 5.41) is 3.08. The molecular weight excluding hydrogens is 210 g/mol. The summed E-state index contributed by atoms with van der Waals surface area (Å²) in [6.07, 6.45) is 9.81. The Hall–Kier alpha value is -1.12. The lowest BCUT2D eigenvalue weighted by molar-refractivity contribution is 0.302. The van der Waals surface area contributed by atoms with Gasteiger partial charge in [-0.1, -0.05) is 19.8 Å². The minimum absolute atomic E-state index is 0.580. The molecular formula is C14H23N3. The van der Waals surface area contributed by atoms with Crippen molar-refractivity contribution in [3.05, 3.63) is 18.1 Å². The van der Waals surface area contributed by atoms with Gasteiger partial charge in [-0.2, -0.15) is 0 Å². The van der Waals surface area contributed by atoms with Crippen LogP contribution in [0.15, 0.2) is 12.3 Å². The van der Waals surface area contributed by atoms with Gasteiger partial charge in [0, 0.05) is 19.2 Å². The zero-order chi connectivity index (χ0) is 12.1. The van der Waals surface area contributed by atoms with Gasteiger partial charge in [-0.3, -0.25) is 0 Å². The molecule has 0 radical (unpaired) electrons. The molecule has 94 valence electrons. The average Bonchev–Trinajstić information content (AvgIpc) is 2.40. The van der Waals surface area contributed by atoms with Crippen molar-refractivity contribution >= 4 is 5.82 Å². The Morgan fingerprint density at radius 1 is 1.29 bits per heavy atom. The standard InChI is InChI=1S/C14H23N3/c1-3-4-11-5-7-12(8-6-11)14-16-10-9-13(15-2)17-14/h9-12H,3-8H2,1-2H3,(H,15,16,17). The number of hydrogen-bond acceptors (Lipinski definition) is 3. The van der Waals surface area contributed by atoms with Gasteiger partial charge in [0.1, 0.15) is 11.6 Å². The third kappa shape index (κ3) is 3.18. The molecule has 0 unspecified atom stereocenters. The molecule has 1 aliphatic rings. The Morgan fingerprint density at radius 3 is 2.71 bits per heavy atom. The van der Waals surface area contributed by atoms with E-state index in [-0.39, 0.29) is 0 Å². The molecule has 17 heavy (non-hydrogen) atoms. The van der Waals surface area contributed by atoms with Gasteiger partial charge >= 0.3 is 0 Å². The SMILES string of the molecule is CCCC1CCC(c2nccc(NC)n2)CC1. The van der Waals surface area contributed by atoms with Crippen LogP contribution in [0.4, 0.5) is 5.82 Å². The monoisotopic (exact) mass is 233 g/mol. The van der Waals surface area contributed by atoms with Crippen LogP contribution < -0.4 is 5.32 Å². The van der Waals surface area contributed by atoms with E-state index in [1.54, 1.807) is 0 Å². The van der Waals surface area contributed by atoms with Gasteiger partial charge in [-0.15, -0.1) is 0 Å². The van der Waals surface area contributed by atoms with Crippen molar-refractivity contribution in [2.45, 2.75) is 51.4 Å². The Kier molecular flexibility index (Phi) is 4.35. The van der Waals surface area contributed by atoms with Crippen LogP contribution in [0.1, 0.15) is 57.2 Å². The first kappa shape index (κ1) is 12.3. The van der Waals surface area contributed by atoms with Crippen LogP contribution in [-0.4, -0.2) is 17.0 Å². The third-order valence-electron chi connectivity index (χ3n) is 3.84. The number of aromatic nitrogens is 2. The van der Waals surface area contributed by atoms with Crippen molar-refractivity contribution < 1.29 is 0 Å². The van der Waals surface area contributed by atoms with E-state index in [2.05, 4.69) is 22.2 Å². The molecule has 0 aromatic carbocycles. The summed E-state index contributed by atoms with van der Waals surface area (Å²) in [5.41, 5.74) is 0. The maximum Gasteiger partial charge on any atom is 0.133 e. The van der Waals surface area contributed by atoms with Crippen molar-refractivity contribution in [2.75, 3.05) is 12.4 Å². The average molecular weight is 233 g/mol.